The summed E-state index contributed by atoms with van der Waals surface area (Å²) in [5.74, 6) is 0.518. The molecule has 20 heavy (non-hydrogen) atoms. The Kier molecular flexibility index (Phi) is 4.46. The molecule has 0 fully saturated rings. The molecule has 0 amide bonds. The first-order valence-electron chi connectivity index (χ1n) is 6.64. The van der Waals surface area contributed by atoms with Crippen LogP contribution >= 0.6 is 11.6 Å². The Balaban J connectivity index is 2.14. The number of hydrogen-bond donors (Lipinski definition) is 1. The highest BCUT2D eigenvalue weighted by molar-refractivity contribution is 6.31. The number of Topliss-reactive ketones (excluding diaryl/α,β-unsaturated/α-hetero) is 1. The molecule has 0 bridgehead atoms. The minimum absolute atomic E-state index is 0.0245. The molecule has 0 atom stereocenters. The Morgan fingerprint density at radius 1 is 1.15 bits per heavy atom. The molecular formula is C17H18ClNO. The SMILES string of the molecule is CC(C)c1ccc(CC(=O)c2cc(N)cc(Cl)c2)cc1. The molecule has 104 valence electrons. The van der Waals surface area contributed by atoms with Crippen LogP contribution in [0.15, 0.2) is 42.5 Å². The zero-order valence-electron chi connectivity index (χ0n) is 11.7. The third kappa shape index (κ3) is 3.61. The van der Waals surface area contributed by atoms with Crippen LogP contribution in [0.4, 0.5) is 5.69 Å². The summed E-state index contributed by atoms with van der Waals surface area (Å²) in [6, 6.07) is 13.1. The maximum absolute atomic E-state index is 12.2. The molecule has 0 aliphatic carbocycles. The van der Waals surface area contributed by atoms with Crippen molar-refractivity contribution in [3.63, 3.8) is 0 Å². The van der Waals surface area contributed by atoms with E-state index in [4.69, 9.17) is 17.3 Å². The van der Waals surface area contributed by atoms with Crippen LogP contribution in [-0.2, 0) is 6.42 Å². The van der Waals surface area contributed by atoms with E-state index in [9.17, 15) is 4.79 Å². The number of carbonyl (C=O) groups is 1. The predicted molar refractivity (Wildman–Crippen MR) is 84.4 cm³/mol. The Labute approximate surface area is 124 Å². The molecule has 0 saturated carbocycles. The van der Waals surface area contributed by atoms with Gasteiger partial charge in [0.2, 0.25) is 0 Å². The van der Waals surface area contributed by atoms with E-state index in [1.54, 1.807) is 18.2 Å². The van der Waals surface area contributed by atoms with E-state index < -0.39 is 0 Å². The van der Waals surface area contributed by atoms with Crippen LogP contribution in [-0.4, -0.2) is 5.78 Å². The fraction of sp³-hybridized carbons (Fsp3) is 0.235. The van der Waals surface area contributed by atoms with Gasteiger partial charge in [-0.25, -0.2) is 0 Å². The highest BCUT2D eigenvalue weighted by Crippen LogP contribution is 2.19. The second kappa shape index (κ2) is 6.10. The molecule has 2 rings (SSSR count). The predicted octanol–water partition coefficient (Wildman–Crippen LogP) is 4.47. The Hall–Kier alpha value is -1.80. The summed E-state index contributed by atoms with van der Waals surface area (Å²) in [5.41, 5.74) is 9.05. The van der Waals surface area contributed by atoms with Gasteiger partial charge >= 0.3 is 0 Å². The highest BCUT2D eigenvalue weighted by atomic mass is 35.5. The molecule has 0 heterocycles. The molecule has 0 radical (unpaired) electrons. The summed E-state index contributed by atoms with van der Waals surface area (Å²) in [5, 5.41) is 0.489. The van der Waals surface area contributed by atoms with E-state index in [2.05, 4.69) is 26.0 Å². The summed E-state index contributed by atoms with van der Waals surface area (Å²) < 4.78 is 0. The number of anilines is 1. The van der Waals surface area contributed by atoms with Gasteiger partial charge < -0.3 is 5.73 Å². The van der Waals surface area contributed by atoms with E-state index in [0.717, 1.165) is 5.56 Å². The summed E-state index contributed by atoms with van der Waals surface area (Å²) in [6.45, 7) is 4.30. The van der Waals surface area contributed by atoms with Crippen LogP contribution in [0.5, 0.6) is 0 Å². The van der Waals surface area contributed by atoms with Crippen molar-refractivity contribution in [3.05, 3.63) is 64.2 Å². The molecule has 0 aliphatic heterocycles. The molecular weight excluding hydrogens is 270 g/mol. The summed E-state index contributed by atoms with van der Waals surface area (Å²) in [4.78, 5) is 12.2. The smallest absolute Gasteiger partial charge is 0.167 e. The van der Waals surface area contributed by atoms with Crippen LogP contribution in [0.3, 0.4) is 0 Å². The number of nitrogens with two attached hydrogens (primary N) is 1. The Morgan fingerprint density at radius 2 is 1.80 bits per heavy atom. The van der Waals surface area contributed by atoms with Gasteiger partial charge in [0.05, 0.1) is 0 Å². The van der Waals surface area contributed by atoms with E-state index >= 15 is 0 Å². The monoisotopic (exact) mass is 287 g/mol. The summed E-state index contributed by atoms with van der Waals surface area (Å²) in [6.07, 6.45) is 0.359. The number of carbonyl (C=O) groups excluding carboxylic acids is 1. The first-order chi connectivity index (χ1) is 9.45. The van der Waals surface area contributed by atoms with Crippen molar-refractivity contribution in [1.29, 1.82) is 0 Å². The maximum atomic E-state index is 12.2. The second-order valence-corrected chi connectivity index (χ2v) is 5.71. The van der Waals surface area contributed by atoms with Gasteiger partial charge in [-0.1, -0.05) is 49.7 Å². The lowest BCUT2D eigenvalue weighted by molar-refractivity contribution is 0.0993. The molecule has 2 nitrogen and oxygen atoms in total. The van der Waals surface area contributed by atoms with Crippen LogP contribution in [0.25, 0.3) is 0 Å². The first-order valence-corrected chi connectivity index (χ1v) is 7.01. The Bertz CT molecular complexity index is 597. The molecule has 0 unspecified atom stereocenters. The van der Waals surface area contributed by atoms with Crippen LogP contribution < -0.4 is 5.73 Å². The van der Waals surface area contributed by atoms with Crippen molar-refractivity contribution in [2.24, 2.45) is 0 Å². The standard InChI is InChI=1S/C17H18ClNO/c1-11(2)13-5-3-12(4-6-13)7-17(20)14-8-15(18)10-16(19)9-14/h3-6,8-11H,7,19H2,1-2H3. The zero-order valence-corrected chi connectivity index (χ0v) is 12.4. The largest absolute Gasteiger partial charge is 0.399 e. The second-order valence-electron chi connectivity index (χ2n) is 5.27. The van der Waals surface area contributed by atoms with Crippen molar-refractivity contribution < 1.29 is 4.79 Å². The molecule has 3 heteroatoms. The molecule has 2 aromatic rings. The van der Waals surface area contributed by atoms with E-state index in [0.29, 0.717) is 28.6 Å². The zero-order chi connectivity index (χ0) is 14.7. The molecule has 0 saturated heterocycles. The highest BCUT2D eigenvalue weighted by Gasteiger charge is 2.09. The van der Waals surface area contributed by atoms with E-state index in [-0.39, 0.29) is 5.78 Å². The van der Waals surface area contributed by atoms with Gasteiger partial charge in [-0.05, 0) is 35.2 Å². The van der Waals surface area contributed by atoms with Gasteiger partial charge in [-0.2, -0.15) is 0 Å². The normalized spacial score (nSPS) is 10.8. The van der Waals surface area contributed by atoms with Gasteiger partial charge in [0.1, 0.15) is 0 Å². The molecule has 0 aliphatic rings. The average molecular weight is 288 g/mol. The van der Waals surface area contributed by atoms with Gasteiger partial charge in [0.25, 0.3) is 0 Å². The fourth-order valence-corrected chi connectivity index (χ4v) is 2.32. The van der Waals surface area contributed by atoms with Crippen LogP contribution in [0.2, 0.25) is 5.02 Å². The number of rotatable bonds is 4. The van der Waals surface area contributed by atoms with Crippen LogP contribution in [0, 0.1) is 0 Å². The Morgan fingerprint density at radius 3 is 2.35 bits per heavy atom. The minimum atomic E-state index is 0.0245. The lowest BCUT2D eigenvalue weighted by atomic mass is 9.98. The van der Waals surface area contributed by atoms with E-state index in [1.165, 1.54) is 5.56 Å². The average Bonchev–Trinajstić information content (AvgIpc) is 2.38. The van der Waals surface area contributed by atoms with Crippen molar-refractivity contribution in [3.8, 4) is 0 Å². The molecule has 2 N–H and O–H groups in total. The maximum Gasteiger partial charge on any atom is 0.167 e. The number of hydrogen-bond acceptors (Lipinski definition) is 2. The van der Waals surface area contributed by atoms with Crippen molar-refractivity contribution in [1.82, 2.24) is 0 Å². The first kappa shape index (κ1) is 14.6. The van der Waals surface area contributed by atoms with Crippen LogP contribution in [0.1, 0.15) is 41.3 Å². The van der Waals surface area contributed by atoms with E-state index in [1.807, 2.05) is 12.1 Å². The van der Waals surface area contributed by atoms with Gasteiger partial charge in [0.15, 0.2) is 5.78 Å². The third-order valence-corrected chi connectivity index (χ3v) is 3.47. The number of benzene rings is 2. The molecule has 0 aromatic heterocycles. The van der Waals surface area contributed by atoms with Crippen molar-refractivity contribution in [2.75, 3.05) is 5.73 Å². The summed E-state index contributed by atoms with van der Waals surface area (Å²) in [7, 11) is 0. The molecule has 0 spiro atoms. The summed E-state index contributed by atoms with van der Waals surface area (Å²) >= 11 is 5.92. The van der Waals surface area contributed by atoms with Gasteiger partial charge in [-0.15, -0.1) is 0 Å². The number of nitrogen functional groups attached to an aromatic ring is 1. The van der Waals surface area contributed by atoms with Crippen molar-refractivity contribution >= 4 is 23.1 Å². The lowest BCUT2D eigenvalue weighted by Gasteiger charge is -2.07. The quantitative estimate of drug-likeness (QED) is 0.666. The lowest BCUT2D eigenvalue weighted by Crippen LogP contribution is -2.04. The number of ketones is 1. The third-order valence-electron chi connectivity index (χ3n) is 3.25. The topological polar surface area (TPSA) is 43.1 Å². The fourth-order valence-electron chi connectivity index (χ4n) is 2.08. The van der Waals surface area contributed by atoms with Gasteiger partial charge in [-0.3, -0.25) is 4.79 Å². The van der Waals surface area contributed by atoms with Gasteiger partial charge in [0, 0.05) is 22.7 Å². The minimum Gasteiger partial charge on any atom is -0.399 e. The number of halogens is 1. The van der Waals surface area contributed by atoms with Crippen molar-refractivity contribution in [2.45, 2.75) is 26.2 Å². The molecule has 2 aromatic carbocycles.